The Hall–Kier alpha value is -1.77. The largest absolute Gasteiger partial charge is 0.496 e. The summed E-state index contributed by atoms with van der Waals surface area (Å²) in [5.41, 5.74) is 3.15. The van der Waals surface area contributed by atoms with Gasteiger partial charge in [-0.3, -0.25) is 0 Å². The minimum atomic E-state index is -0.320. The van der Waals surface area contributed by atoms with E-state index in [1.807, 2.05) is 26.8 Å². The van der Waals surface area contributed by atoms with E-state index in [9.17, 15) is 4.79 Å². The Morgan fingerprint density at radius 3 is 2.44 bits per heavy atom. The minimum Gasteiger partial charge on any atom is -0.496 e. The molecule has 16 heavy (non-hydrogen) atoms. The maximum Gasteiger partial charge on any atom is 0.336 e. The summed E-state index contributed by atoms with van der Waals surface area (Å²) in [5, 5.41) is 0.968. The van der Waals surface area contributed by atoms with E-state index >= 15 is 0 Å². The van der Waals surface area contributed by atoms with Gasteiger partial charge in [-0.15, -0.1) is 0 Å². The number of fused-ring (bicyclic) bond motifs is 1. The molecule has 1 aromatic heterocycles. The van der Waals surface area contributed by atoms with Crippen molar-refractivity contribution in [3.05, 3.63) is 39.2 Å². The molecule has 3 nitrogen and oxygen atoms in total. The fourth-order valence-electron chi connectivity index (χ4n) is 2.07. The van der Waals surface area contributed by atoms with E-state index in [4.69, 9.17) is 9.15 Å². The molecule has 1 aromatic carbocycles. The molecular weight excluding hydrogens is 204 g/mol. The quantitative estimate of drug-likeness (QED) is 0.691. The SMILES string of the molecule is COc1c(C)cc2c(C)cc(=O)oc2c1C. The third-order valence-corrected chi connectivity index (χ3v) is 2.81. The highest BCUT2D eigenvalue weighted by Gasteiger charge is 2.12. The fraction of sp³-hybridized carbons (Fsp3) is 0.308. The van der Waals surface area contributed by atoms with Crippen LogP contribution in [0.15, 0.2) is 21.3 Å². The monoisotopic (exact) mass is 218 g/mol. The van der Waals surface area contributed by atoms with Crippen molar-refractivity contribution in [3.63, 3.8) is 0 Å². The number of hydrogen-bond acceptors (Lipinski definition) is 3. The van der Waals surface area contributed by atoms with Crippen LogP contribution in [0.5, 0.6) is 5.75 Å². The third kappa shape index (κ3) is 1.48. The van der Waals surface area contributed by atoms with Crippen molar-refractivity contribution in [1.29, 1.82) is 0 Å². The third-order valence-electron chi connectivity index (χ3n) is 2.81. The Morgan fingerprint density at radius 2 is 1.81 bits per heavy atom. The molecule has 2 aromatic rings. The van der Waals surface area contributed by atoms with E-state index in [1.165, 1.54) is 6.07 Å². The molecule has 0 aliphatic rings. The molecule has 84 valence electrons. The number of benzene rings is 1. The van der Waals surface area contributed by atoms with Gasteiger partial charge in [0.1, 0.15) is 11.3 Å². The maximum absolute atomic E-state index is 11.3. The zero-order valence-corrected chi connectivity index (χ0v) is 9.88. The van der Waals surface area contributed by atoms with E-state index in [0.29, 0.717) is 5.58 Å². The summed E-state index contributed by atoms with van der Waals surface area (Å²) in [5.74, 6) is 0.779. The van der Waals surface area contributed by atoms with Crippen LogP contribution in [-0.2, 0) is 0 Å². The average Bonchev–Trinajstić information content (AvgIpc) is 2.21. The lowest BCUT2D eigenvalue weighted by molar-refractivity contribution is 0.407. The first-order valence-corrected chi connectivity index (χ1v) is 5.13. The lowest BCUT2D eigenvalue weighted by atomic mass is 10.0. The molecule has 0 radical (unpaired) electrons. The molecule has 0 aliphatic heterocycles. The van der Waals surface area contributed by atoms with Crippen LogP contribution in [0.2, 0.25) is 0 Å². The molecule has 0 N–H and O–H groups in total. The van der Waals surface area contributed by atoms with Crippen molar-refractivity contribution < 1.29 is 9.15 Å². The van der Waals surface area contributed by atoms with Crippen molar-refractivity contribution in [1.82, 2.24) is 0 Å². The lowest BCUT2D eigenvalue weighted by Gasteiger charge is -2.11. The van der Waals surface area contributed by atoms with Gasteiger partial charge in [-0.1, -0.05) is 0 Å². The lowest BCUT2D eigenvalue weighted by Crippen LogP contribution is -2.01. The van der Waals surface area contributed by atoms with E-state index < -0.39 is 0 Å². The van der Waals surface area contributed by atoms with Crippen LogP contribution in [0.3, 0.4) is 0 Å². The van der Waals surface area contributed by atoms with E-state index in [2.05, 4.69) is 0 Å². The molecule has 0 atom stereocenters. The summed E-state index contributed by atoms with van der Waals surface area (Å²) in [6, 6.07) is 3.49. The predicted molar refractivity (Wildman–Crippen MR) is 63.2 cm³/mol. The van der Waals surface area contributed by atoms with Crippen LogP contribution in [0, 0.1) is 20.8 Å². The van der Waals surface area contributed by atoms with Gasteiger partial charge in [0.15, 0.2) is 0 Å². The summed E-state index contributed by atoms with van der Waals surface area (Å²) in [6.45, 7) is 5.79. The number of ether oxygens (including phenoxy) is 1. The molecule has 2 rings (SSSR count). The fourth-order valence-corrected chi connectivity index (χ4v) is 2.07. The summed E-state index contributed by atoms with van der Waals surface area (Å²) < 4.78 is 10.5. The second kappa shape index (κ2) is 3.67. The van der Waals surface area contributed by atoms with Crippen LogP contribution >= 0.6 is 0 Å². The van der Waals surface area contributed by atoms with Crippen molar-refractivity contribution in [3.8, 4) is 5.75 Å². The van der Waals surface area contributed by atoms with Gasteiger partial charge in [0.25, 0.3) is 0 Å². The minimum absolute atomic E-state index is 0.320. The van der Waals surface area contributed by atoms with Crippen LogP contribution < -0.4 is 10.4 Å². The maximum atomic E-state index is 11.3. The van der Waals surface area contributed by atoms with Gasteiger partial charge in [0.2, 0.25) is 0 Å². The molecule has 0 amide bonds. The van der Waals surface area contributed by atoms with Crippen molar-refractivity contribution in [2.24, 2.45) is 0 Å². The van der Waals surface area contributed by atoms with Gasteiger partial charge in [-0.2, -0.15) is 0 Å². The van der Waals surface area contributed by atoms with Crippen molar-refractivity contribution in [2.75, 3.05) is 7.11 Å². The van der Waals surface area contributed by atoms with Crippen LogP contribution in [0.25, 0.3) is 11.0 Å². The summed E-state index contributed by atoms with van der Waals surface area (Å²) in [7, 11) is 1.62. The van der Waals surface area contributed by atoms with Gasteiger partial charge in [-0.05, 0) is 38.0 Å². The average molecular weight is 218 g/mol. The highest BCUT2D eigenvalue weighted by Crippen LogP contribution is 2.31. The molecule has 0 saturated heterocycles. The molecule has 3 heteroatoms. The Balaban J connectivity index is 2.99. The van der Waals surface area contributed by atoms with Crippen molar-refractivity contribution in [2.45, 2.75) is 20.8 Å². The zero-order chi connectivity index (χ0) is 11.9. The number of methoxy groups -OCH3 is 1. The molecule has 0 bridgehead atoms. The second-order valence-corrected chi connectivity index (χ2v) is 3.98. The standard InChI is InChI=1S/C13H14O3/c1-7-6-11(14)16-13-9(3)12(15-4)8(2)5-10(7)13/h5-6H,1-4H3. The number of aryl methyl sites for hydroxylation is 3. The Morgan fingerprint density at radius 1 is 1.12 bits per heavy atom. The summed E-state index contributed by atoms with van der Waals surface area (Å²) in [4.78, 5) is 11.3. The van der Waals surface area contributed by atoms with E-state index in [-0.39, 0.29) is 5.63 Å². The molecular formula is C13H14O3. The summed E-state index contributed by atoms with van der Waals surface area (Å²) in [6.07, 6.45) is 0. The van der Waals surface area contributed by atoms with Gasteiger partial charge in [0.05, 0.1) is 7.11 Å². The molecule has 1 heterocycles. The Kier molecular flexibility index (Phi) is 2.46. The molecule has 0 fully saturated rings. The van der Waals surface area contributed by atoms with Gasteiger partial charge < -0.3 is 9.15 Å². The normalized spacial score (nSPS) is 10.8. The molecule has 0 spiro atoms. The number of rotatable bonds is 1. The van der Waals surface area contributed by atoms with E-state index in [1.54, 1.807) is 7.11 Å². The first-order chi connectivity index (χ1) is 7.54. The topological polar surface area (TPSA) is 39.4 Å². The van der Waals surface area contributed by atoms with Crippen molar-refractivity contribution >= 4 is 11.0 Å². The Bertz CT molecular complexity index is 609. The van der Waals surface area contributed by atoms with Gasteiger partial charge in [0, 0.05) is 17.0 Å². The smallest absolute Gasteiger partial charge is 0.336 e. The highest BCUT2D eigenvalue weighted by molar-refractivity contribution is 5.86. The Labute approximate surface area is 93.7 Å². The van der Waals surface area contributed by atoms with E-state index in [0.717, 1.165) is 27.8 Å². The van der Waals surface area contributed by atoms with Gasteiger partial charge in [-0.25, -0.2) is 4.79 Å². The first kappa shape index (κ1) is 10.7. The number of hydrogen-bond donors (Lipinski definition) is 0. The van der Waals surface area contributed by atoms with Crippen LogP contribution in [0.1, 0.15) is 16.7 Å². The molecule has 0 aliphatic carbocycles. The van der Waals surface area contributed by atoms with Crippen LogP contribution in [-0.4, -0.2) is 7.11 Å². The zero-order valence-electron chi connectivity index (χ0n) is 9.88. The molecule has 0 unspecified atom stereocenters. The predicted octanol–water partition coefficient (Wildman–Crippen LogP) is 2.73. The first-order valence-electron chi connectivity index (χ1n) is 5.13. The van der Waals surface area contributed by atoms with Crippen LogP contribution in [0.4, 0.5) is 0 Å². The summed E-state index contributed by atoms with van der Waals surface area (Å²) >= 11 is 0. The molecule has 0 saturated carbocycles. The second-order valence-electron chi connectivity index (χ2n) is 3.98. The van der Waals surface area contributed by atoms with Gasteiger partial charge >= 0.3 is 5.63 Å². The highest BCUT2D eigenvalue weighted by atomic mass is 16.5.